The number of benzene rings is 2. The van der Waals surface area contributed by atoms with Crippen LogP contribution >= 0.6 is 12.0 Å². The summed E-state index contributed by atoms with van der Waals surface area (Å²) in [4.78, 5) is 22.6. The summed E-state index contributed by atoms with van der Waals surface area (Å²) in [5.41, 5.74) is 3.76. The maximum atomic E-state index is 12.8. The van der Waals surface area contributed by atoms with Crippen LogP contribution in [0.2, 0.25) is 0 Å². The second kappa shape index (κ2) is 9.40. The fourth-order valence-corrected chi connectivity index (χ4v) is 3.73. The third kappa shape index (κ3) is 5.46. The monoisotopic (exact) mass is 409 g/mol. The van der Waals surface area contributed by atoms with E-state index in [1.54, 1.807) is 19.1 Å². The Hall–Kier alpha value is -2.56. The van der Waals surface area contributed by atoms with Crippen molar-refractivity contribution >= 4 is 45.1 Å². The maximum Gasteiger partial charge on any atom is 0.310 e. The molecule has 0 aliphatic carbocycles. The van der Waals surface area contributed by atoms with Crippen LogP contribution in [0.4, 0.5) is 16.2 Å². The lowest BCUT2D eigenvalue weighted by molar-refractivity contribution is -0.109. The van der Waals surface area contributed by atoms with Crippen molar-refractivity contribution in [2.24, 2.45) is 0 Å². The predicted molar refractivity (Wildman–Crippen MR) is 105 cm³/mol. The number of sulfonamides is 1. The first-order valence-electron chi connectivity index (χ1n) is 7.91. The average Bonchev–Trinajstić information content (AvgIpc) is 2.65. The van der Waals surface area contributed by atoms with Crippen LogP contribution in [0.3, 0.4) is 0 Å². The van der Waals surface area contributed by atoms with E-state index in [1.165, 1.54) is 36.4 Å². The molecule has 0 fully saturated rings. The smallest absolute Gasteiger partial charge is 0.310 e. The highest BCUT2D eigenvalue weighted by Gasteiger charge is 2.25. The van der Waals surface area contributed by atoms with Gasteiger partial charge in [-0.1, -0.05) is 17.7 Å². The molecule has 0 saturated heterocycles. The van der Waals surface area contributed by atoms with Crippen molar-refractivity contribution in [1.82, 2.24) is 5.43 Å². The first-order chi connectivity index (χ1) is 12.9. The Bertz CT molecular complexity index is 884. The van der Waals surface area contributed by atoms with Crippen LogP contribution in [0.5, 0.6) is 0 Å². The highest BCUT2D eigenvalue weighted by molar-refractivity contribution is 8.09. The molecule has 2 aromatic carbocycles. The molecule has 0 aromatic heterocycles. The SMILES string of the molecule is CCOSC(=O)Nc1ccc(N(NC=O)S(=O)(=O)c2ccc(C)cc2)cc1. The molecule has 0 aliphatic heterocycles. The van der Waals surface area contributed by atoms with Crippen LogP contribution in [0.15, 0.2) is 53.4 Å². The number of amides is 2. The molecular weight excluding hydrogens is 390 g/mol. The van der Waals surface area contributed by atoms with Crippen LogP contribution in [-0.4, -0.2) is 26.7 Å². The second-order valence-electron chi connectivity index (χ2n) is 5.28. The Labute approximate surface area is 162 Å². The van der Waals surface area contributed by atoms with Crippen LogP contribution in [0.1, 0.15) is 12.5 Å². The third-order valence-electron chi connectivity index (χ3n) is 3.33. The van der Waals surface area contributed by atoms with Crippen molar-refractivity contribution in [2.75, 3.05) is 16.3 Å². The van der Waals surface area contributed by atoms with Gasteiger partial charge in [-0.15, -0.1) is 0 Å². The Kier molecular flexibility index (Phi) is 7.22. The van der Waals surface area contributed by atoms with Gasteiger partial charge in [-0.05, 0) is 50.2 Å². The van der Waals surface area contributed by atoms with Gasteiger partial charge in [0.1, 0.15) is 0 Å². The Morgan fingerprint density at radius 1 is 1.15 bits per heavy atom. The minimum Gasteiger partial charge on any atom is -0.315 e. The van der Waals surface area contributed by atoms with Gasteiger partial charge >= 0.3 is 5.24 Å². The Morgan fingerprint density at radius 2 is 1.78 bits per heavy atom. The molecule has 2 rings (SSSR count). The number of hydrogen-bond donors (Lipinski definition) is 2. The molecule has 10 heteroatoms. The quantitative estimate of drug-likeness (QED) is 0.394. The van der Waals surface area contributed by atoms with Crippen molar-refractivity contribution < 1.29 is 22.2 Å². The fraction of sp³-hybridized carbons (Fsp3) is 0.176. The summed E-state index contributed by atoms with van der Waals surface area (Å²) in [5.74, 6) is 0. The largest absolute Gasteiger partial charge is 0.315 e. The molecule has 2 N–H and O–H groups in total. The highest BCUT2D eigenvalue weighted by atomic mass is 32.2. The standard InChI is InChI=1S/C17H19N3O5S2/c1-3-25-26-17(22)19-14-6-8-15(9-7-14)20(18-12-21)27(23,24)16-10-4-13(2)5-11-16/h4-12H,3H2,1-2H3,(H,18,21)(H,19,22). The van der Waals surface area contributed by atoms with Gasteiger partial charge in [-0.2, -0.15) is 12.8 Å². The molecule has 144 valence electrons. The number of hydrogen-bond acceptors (Lipinski definition) is 6. The number of carbonyl (C=O) groups is 2. The normalized spacial score (nSPS) is 10.9. The van der Waals surface area contributed by atoms with Crippen LogP contribution in [0.25, 0.3) is 0 Å². The molecule has 0 aliphatic rings. The molecule has 27 heavy (non-hydrogen) atoms. The first kappa shape index (κ1) is 20.7. The molecule has 0 bridgehead atoms. The molecule has 0 atom stereocenters. The van der Waals surface area contributed by atoms with E-state index in [9.17, 15) is 18.0 Å². The Morgan fingerprint density at radius 3 is 2.33 bits per heavy atom. The molecule has 0 spiro atoms. The summed E-state index contributed by atoms with van der Waals surface area (Å²) in [6, 6.07) is 12.2. The van der Waals surface area contributed by atoms with Gasteiger partial charge in [0.25, 0.3) is 10.0 Å². The van der Waals surface area contributed by atoms with Crippen molar-refractivity contribution in [3.63, 3.8) is 0 Å². The van der Waals surface area contributed by atoms with Gasteiger partial charge < -0.3 is 9.50 Å². The number of anilines is 2. The summed E-state index contributed by atoms with van der Waals surface area (Å²) in [7, 11) is -4.00. The zero-order valence-electron chi connectivity index (χ0n) is 14.7. The molecule has 0 radical (unpaired) electrons. The average molecular weight is 409 g/mol. The minimum absolute atomic E-state index is 0.0351. The topological polar surface area (TPSA) is 105 Å². The summed E-state index contributed by atoms with van der Waals surface area (Å²) in [6.07, 6.45) is 0.278. The van der Waals surface area contributed by atoms with Gasteiger partial charge in [0.2, 0.25) is 6.41 Å². The van der Waals surface area contributed by atoms with Crippen molar-refractivity contribution in [1.29, 1.82) is 0 Å². The first-order valence-corrected chi connectivity index (χ1v) is 10.1. The zero-order valence-corrected chi connectivity index (χ0v) is 16.3. The summed E-state index contributed by atoms with van der Waals surface area (Å²) < 4.78 is 31.4. The molecule has 0 heterocycles. The molecule has 0 saturated carbocycles. The van der Waals surface area contributed by atoms with E-state index in [2.05, 4.69) is 10.7 Å². The van der Waals surface area contributed by atoms with E-state index < -0.39 is 15.3 Å². The van der Waals surface area contributed by atoms with Gasteiger partial charge in [0.05, 0.1) is 29.2 Å². The van der Waals surface area contributed by atoms with E-state index in [1.807, 2.05) is 6.92 Å². The van der Waals surface area contributed by atoms with Gasteiger partial charge in [-0.3, -0.25) is 15.0 Å². The maximum absolute atomic E-state index is 12.8. The zero-order chi connectivity index (χ0) is 19.9. The van der Waals surface area contributed by atoms with Crippen molar-refractivity contribution in [3.05, 3.63) is 54.1 Å². The number of nitrogens with zero attached hydrogens (tertiary/aromatic N) is 1. The number of aryl methyl sites for hydroxylation is 1. The number of rotatable bonds is 8. The van der Waals surface area contributed by atoms with Gasteiger partial charge in [0, 0.05) is 5.69 Å². The number of hydrazine groups is 1. The Balaban J connectivity index is 2.24. The summed E-state index contributed by atoms with van der Waals surface area (Å²) in [6.45, 7) is 3.99. The van der Waals surface area contributed by atoms with E-state index in [0.29, 0.717) is 24.3 Å². The summed E-state index contributed by atoms with van der Waals surface area (Å²) in [5, 5.41) is 2.19. The molecule has 8 nitrogen and oxygen atoms in total. The van der Waals surface area contributed by atoms with Crippen LogP contribution < -0.4 is 15.2 Å². The minimum atomic E-state index is -4.00. The van der Waals surface area contributed by atoms with E-state index in [-0.39, 0.29) is 17.0 Å². The number of carbonyl (C=O) groups excluding carboxylic acids is 2. The van der Waals surface area contributed by atoms with Crippen LogP contribution in [0, 0.1) is 6.92 Å². The highest BCUT2D eigenvalue weighted by Crippen LogP contribution is 2.24. The lowest BCUT2D eigenvalue weighted by Gasteiger charge is -2.23. The number of nitrogens with one attached hydrogen (secondary N) is 2. The van der Waals surface area contributed by atoms with Crippen LogP contribution in [-0.2, 0) is 19.0 Å². The third-order valence-corrected chi connectivity index (χ3v) is 5.60. The molecule has 2 aromatic rings. The fourth-order valence-electron chi connectivity index (χ4n) is 2.08. The lowest BCUT2D eigenvalue weighted by atomic mass is 10.2. The second-order valence-corrected chi connectivity index (χ2v) is 7.84. The lowest BCUT2D eigenvalue weighted by Crippen LogP contribution is -2.42. The van der Waals surface area contributed by atoms with E-state index in [4.69, 9.17) is 4.18 Å². The van der Waals surface area contributed by atoms with Crippen molar-refractivity contribution in [2.45, 2.75) is 18.7 Å². The van der Waals surface area contributed by atoms with E-state index >= 15 is 0 Å². The van der Waals surface area contributed by atoms with Crippen molar-refractivity contribution in [3.8, 4) is 0 Å². The van der Waals surface area contributed by atoms with E-state index in [0.717, 1.165) is 9.98 Å². The van der Waals surface area contributed by atoms with Gasteiger partial charge in [0.15, 0.2) is 0 Å². The summed E-state index contributed by atoms with van der Waals surface area (Å²) >= 11 is 0.678. The van der Waals surface area contributed by atoms with Gasteiger partial charge in [-0.25, -0.2) is 0 Å². The predicted octanol–water partition coefficient (Wildman–Crippen LogP) is 3.07. The molecular formula is C17H19N3O5S2. The molecule has 2 amide bonds. The molecule has 0 unspecified atom stereocenters.